The van der Waals surface area contributed by atoms with E-state index in [1.807, 2.05) is 41.8 Å². The van der Waals surface area contributed by atoms with E-state index in [1.54, 1.807) is 6.20 Å². The van der Waals surface area contributed by atoms with Gasteiger partial charge in [0.15, 0.2) is 5.13 Å². The predicted molar refractivity (Wildman–Crippen MR) is 90.1 cm³/mol. The Hall–Kier alpha value is -2.46. The van der Waals surface area contributed by atoms with Gasteiger partial charge in [-0.2, -0.15) is 0 Å². The van der Waals surface area contributed by atoms with Gasteiger partial charge in [-0.05, 0) is 11.1 Å². The molecule has 0 spiro atoms. The van der Waals surface area contributed by atoms with Gasteiger partial charge in [0.2, 0.25) is 5.91 Å². The number of nitrogens with zero attached hydrogens (tertiary/aromatic N) is 1. The summed E-state index contributed by atoms with van der Waals surface area (Å²) in [7, 11) is 0. The molecule has 0 atom stereocenters. The lowest BCUT2D eigenvalue weighted by Gasteiger charge is -2.17. The van der Waals surface area contributed by atoms with Crippen LogP contribution in [0.5, 0.6) is 0 Å². The number of amides is 1. The van der Waals surface area contributed by atoms with Crippen LogP contribution in [0.1, 0.15) is 23.5 Å². The molecule has 0 radical (unpaired) electrons. The van der Waals surface area contributed by atoms with Gasteiger partial charge in [0, 0.05) is 23.9 Å². The lowest BCUT2D eigenvalue weighted by molar-refractivity contribution is -0.116. The number of hydrogen-bond donors (Lipinski definition) is 1. The summed E-state index contributed by atoms with van der Waals surface area (Å²) in [6, 6.07) is 20.2. The van der Waals surface area contributed by atoms with Crippen LogP contribution in [-0.2, 0) is 4.79 Å². The number of aromatic nitrogens is 1. The highest BCUT2D eigenvalue weighted by atomic mass is 32.1. The molecule has 0 fully saturated rings. The SMILES string of the molecule is O=C(CC(c1ccccc1)c1ccccc1)Nc1nccs1. The second kappa shape index (κ2) is 7.00. The molecule has 110 valence electrons. The maximum atomic E-state index is 12.3. The van der Waals surface area contributed by atoms with Crippen LogP contribution in [0.3, 0.4) is 0 Å². The molecule has 3 rings (SSSR count). The van der Waals surface area contributed by atoms with E-state index in [9.17, 15) is 4.79 Å². The van der Waals surface area contributed by atoms with E-state index in [-0.39, 0.29) is 11.8 Å². The van der Waals surface area contributed by atoms with Gasteiger partial charge >= 0.3 is 0 Å². The van der Waals surface area contributed by atoms with Gasteiger partial charge in [-0.15, -0.1) is 11.3 Å². The minimum atomic E-state index is -0.0207. The van der Waals surface area contributed by atoms with Crippen LogP contribution in [0.25, 0.3) is 0 Å². The van der Waals surface area contributed by atoms with Crippen LogP contribution in [-0.4, -0.2) is 10.9 Å². The quantitative estimate of drug-likeness (QED) is 0.763. The third-order valence-electron chi connectivity index (χ3n) is 3.47. The van der Waals surface area contributed by atoms with Gasteiger partial charge in [-0.3, -0.25) is 4.79 Å². The van der Waals surface area contributed by atoms with Gasteiger partial charge in [-0.25, -0.2) is 4.98 Å². The largest absolute Gasteiger partial charge is 0.302 e. The molecule has 3 nitrogen and oxygen atoms in total. The maximum absolute atomic E-state index is 12.3. The van der Waals surface area contributed by atoms with Crippen molar-refractivity contribution in [2.45, 2.75) is 12.3 Å². The predicted octanol–water partition coefficient (Wildman–Crippen LogP) is 4.30. The van der Waals surface area contributed by atoms with Crippen LogP contribution >= 0.6 is 11.3 Å². The molecule has 3 aromatic rings. The summed E-state index contributed by atoms with van der Waals surface area (Å²) in [4.78, 5) is 16.4. The third kappa shape index (κ3) is 3.59. The molecule has 0 aliphatic carbocycles. The standard InChI is InChI=1S/C18H16N2OS/c21-17(20-18-19-11-12-22-18)13-16(14-7-3-1-4-8-14)15-9-5-2-6-10-15/h1-12,16H,13H2,(H,19,20,21). The van der Waals surface area contributed by atoms with Gasteiger partial charge < -0.3 is 5.32 Å². The first-order valence-electron chi connectivity index (χ1n) is 7.12. The average molecular weight is 308 g/mol. The van der Waals surface area contributed by atoms with Crippen molar-refractivity contribution in [1.82, 2.24) is 4.98 Å². The van der Waals surface area contributed by atoms with Crippen LogP contribution in [0.2, 0.25) is 0 Å². The molecule has 4 heteroatoms. The van der Waals surface area contributed by atoms with Crippen LogP contribution in [0, 0.1) is 0 Å². The highest BCUT2D eigenvalue weighted by molar-refractivity contribution is 7.13. The molecule has 2 aromatic carbocycles. The number of benzene rings is 2. The molecule has 22 heavy (non-hydrogen) atoms. The van der Waals surface area contributed by atoms with E-state index >= 15 is 0 Å². The van der Waals surface area contributed by atoms with Crippen molar-refractivity contribution in [3.8, 4) is 0 Å². The summed E-state index contributed by atoms with van der Waals surface area (Å²) in [5, 5.41) is 5.35. The molecule has 1 heterocycles. The Morgan fingerprint density at radius 1 is 1.00 bits per heavy atom. The topological polar surface area (TPSA) is 42.0 Å². The fourth-order valence-corrected chi connectivity index (χ4v) is 2.98. The summed E-state index contributed by atoms with van der Waals surface area (Å²) in [6.45, 7) is 0. The molecule has 0 bridgehead atoms. The van der Waals surface area contributed by atoms with Crippen molar-refractivity contribution >= 4 is 22.4 Å². The average Bonchev–Trinajstić information content (AvgIpc) is 3.07. The number of hydrogen-bond acceptors (Lipinski definition) is 3. The number of carbonyl (C=O) groups is 1. The fraction of sp³-hybridized carbons (Fsp3) is 0.111. The van der Waals surface area contributed by atoms with E-state index in [4.69, 9.17) is 0 Å². The van der Waals surface area contributed by atoms with Crippen molar-refractivity contribution < 1.29 is 4.79 Å². The second-order valence-corrected chi connectivity index (χ2v) is 5.86. The minimum absolute atomic E-state index is 0.0207. The maximum Gasteiger partial charge on any atom is 0.227 e. The molecule has 0 aliphatic rings. The molecule has 1 aromatic heterocycles. The van der Waals surface area contributed by atoms with Crippen LogP contribution in [0.4, 0.5) is 5.13 Å². The minimum Gasteiger partial charge on any atom is -0.302 e. The lowest BCUT2D eigenvalue weighted by atomic mass is 9.88. The summed E-state index contributed by atoms with van der Waals surface area (Å²) in [5.74, 6) is 0.0232. The smallest absolute Gasteiger partial charge is 0.227 e. The normalized spacial score (nSPS) is 10.6. The number of thiazole rings is 1. The van der Waals surface area contributed by atoms with Crippen molar-refractivity contribution in [3.05, 3.63) is 83.4 Å². The van der Waals surface area contributed by atoms with E-state index in [1.165, 1.54) is 11.3 Å². The summed E-state index contributed by atoms with van der Waals surface area (Å²) < 4.78 is 0. The molecular formula is C18H16N2OS. The Bertz CT molecular complexity index is 672. The number of rotatable bonds is 5. The Morgan fingerprint density at radius 2 is 1.59 bits per heavy atom. The molecule has 0 aliphatic heterocycles. The summed E-state index contributed by atoms with van der Waals surface area (Å²) >= 11 is 1.43. The third-order valence-corrected chi connectivity index (χ3v) is 4.16. The van der Waals surface area contributed by atoms with E-state index in [0.29, 0.717) is 11.6 Å². The van der Waals surface area contributed by atoms with Crippen LogP contribution < -0.4 is 5.32 Å². The molecule has 0 saturated carbocycles. The van der Waals surface area contributed by atoms with Crippen molar-refractivity contribution in [2.75, 3.05) is 5.32 Å². The fourth-order valence-electron chi connectivity index (χ4n) is 2.44. The first kappa shape index (κ1) is 14.5. The highest BCUT2D eigenvalue weighted by Crippen LogP contribution is 2.28. The number of nitrogens with one attached hydrogen (secondary N) is 1. The zero-order valence-corrected chi connectivity index (χ0v) is 12.8. The van der Waals surface area contributed by atoms with E-state index in [2.05, 4.69) is 34.6 Å². The molecule has 0 unspecified atom stereocenters. The van der Waals surface area contributed by atoms with Gasteiger partial charge in [0.05, 0.1) is 0 Å². The Kier molecular flexibility index (Phi) is 4.61. The van der Waals surface area contributed by atoms with Crippen molar-refractivity contribution in [2.24, 2.45) is 0 Å². The summed E-state index contributed by atoms with van der Waals surface area (Å²) in [5.41, 5.74) is 2.28. The summed E-state index contributed by atoms with van der Waals surface area (Å²) in [6.07, 6.45) is 2.08. The molecule has 1 N–H and O–H groups in total. The molecule has 0 saturated heterocycles. The first-order valence-corrected chi connectivity index (χ1v) is 8.00. The van der Waals surface area contributed by atoms with Crippen LogP contribution in [0.15, 0.2) is 72.2 Å². The van der Waals surface area contributed by atoms with Crippen molar-refractivity contribution in [1.29, 1.82) is 0 Å². The lowest BCUT2D eigenvalue weighted by Crippen LogP contribution is -2.16. The Balaban J connectivity index is 1.81. The van der Waals surface area contributed by atoms with E-state index in [0.717, 1.165) is 11.1 Å². The Morgan fingerprint density at radius 3 is 2.09 bits per heavy atom. The molecule has 1 amide bonds. The second-order valence-electron chi connectivity index (χ2n) is 4.96. The Labute approximate surface area is 133 Å². The highest BCUT2D eigenvalue weighted by Gasteiger charge is 2.18. The van der Waals surface area contributed by atoms with Gasteiger partial charge in [-0.1, -0.05) is 60.7 Å². The van der Waals surface area contributed by atoms with Gasteiger partial charge in [0.25, 0.3) is 0 Å². The molecular weight excluding hydrogens is 292 g/mol. The zero-order valence-electron chi connectivity index (χ0n) is 12.0. The van der Waals surface area contributed by atoms with Gasteiger partial charge in [0.1, 0.15) is 0 Å². The number of anilines is 1. The van der Waals surface area contributed by atoms with Crippen molar-refractivity contribution in [3.63, 3.8) is 0 Å². The number of carbonyl (C=O) groups excluding carboxylic acids is 1. The zero-order chi connectivity index (χ0) is 15.2. The monoisotopic (exact) mass is 308 g/mol. The van der Waals surface area contributed by atoms with E-state index < -0.39 is 0 Å². The first-order chi connectivity index (χ1) is 10.8.